The first kappa shape index (κ1) is 13.6. The molecule has 1 unspecified atom stereocenters. The van der Waals surface area contributed by atoms with E-state index in [4.69, 9.17) is 0 Å². The van der Waals surface area contributed by atoms with Gasteiger partial charge in [0, 0.05) is 6.04 Å². The molecule has 1 N–H and O–H groups in total. The van der Waals surface area contributed by atoms with Crippen LogP contribution in [0.3, 0.4) is 0 Å². The summed E-state index contributed by atoms with van der Waals surface area (Å²) in [5.74, 6) is 0.896. The fourth-order valence-electron chi connectivity index (χ4n) is 3.20. The van der Waals surface area contributed by atoms with Crippen molar-refractivity contribution in [3.63, 3.8) is 0 Å². The average molecular weight is 267 g/mol. The predicted molar refractivity (Wildman–Crippen MR) is 87.1 cm³/mol. The van der Waals surface area contributed by atoms with Crippen LogP contribution in [0.2, 0.25) is 0 Å². The molecule has 1 atom stereocenters. The highest BCUT2D eigenvalue weighted by atomic mass is 14.9. The zero-order chi connectivity index (χ0) is 13.8. The number of benzene rings is 2. The largest absolute Gasteiger partial charge is 0.313 e. The lowest BCUT2D eigenvalue weighted by Gasteiger charge is -2.34. The summed E-state index contributed by atoms with van der Waals surface area (Å²) in [4.78, 5) is 0. The van der Waals surface area contributed by atoms with E-state index < -0.39 is 0 Å². The number of hydrogen-bond acceptors (Lipinski definition) is 1. The molecule has 0 heterocycles. The van der Waals surface area contributed by atoms with Gasteiger partial charge in [-0.15, -0.1) is 0 Å². The van der Waals surface area contributed by atoms with Gasteiger partial charge in [-0.25, -0.2) is 0 Å². The Morgan fingerprint density at radius 3 is 2.60 bits per heavy atom. The number of nitrogens with one attached hydrogen (secondary N) is 1. The van der Waals surface area contributed by atoms with Crippen LogP contribution in [0.15, 0.2) is 42.5 Å². The maximum absolute atomic E-state index is 3.77. The van der Waals surface area contributed by atoms with Crippen molar-refractivity contribution in [1.29, 1.82) is 0 Å². The molecule has 1 aliphatic carbocycles. The van der Waals surface area contributed by atoms with Gasteiger partial charge >= 0.3 is 0 Å². The molecule has 20 heavy (non-hydrogen) atoms. The minimum atomic E-state index is 0.671. The molecule has 1 aliphatic rings. The molecule has 2 aromatic rings. The topological polar surface area (TPSA) is 12.0 Å². The van der Waals surface area contributed by atoms with Crippen LogP contribution in [0.25, 0.3) is 10.8 Å². The molecule has 106 valence electrons. The van der Waals surface area contributed by atoms with Crippen molar-refractivity contribution in [2.75, 3.05) is 6.54 Å². The molecule has 3 rings (SSSR count). The Morgan fingerprint density at radius 2 is 1.90 bits per heavy atom. The van der Waals surface area contributed by atoms with Crippen LogP contribution in [-0.4, -0.2) is 12.6 Å². The minimum Gasteiger partial charge on any atom is -0.313 e. The van der Waals surface area contributed by atoms with Gasteiger partial charge in [0.15, 0.2) is 0 Å². The number of hydrogen-bond donors (Lipinski definition) is 1. The van der Waals surface area contributed by atoms with Gasteiger partial charge in [-0.05, 0) is 54.5 Å². The van der Waals surface area contributed by atoms with Crippen LogP contribution in [0.4, 0.5) is 0 Å². The third-order valence-corrected chi connectivity index (χ3v) is 4.64. The fourth-order valence-corrected chi connectivity index (χ4v) is 3.20. The Kier molecular flexibility index (Phi) is 4.37. The van der Waals surface area contributed by atoms with Crippen LogP contribution < -0.4 is 5.32 Å². The zero-order valence-corrected chi connectivity index (χ0v) is 12.4. The number of fused-ring (bicyclic) bond motifs is 1. The molecule has 1 fully saturated rings. The third-order valence-electron chi connectivity index (χ3n) is 4.64. The van der Waals surface area contributed by atoms with Crippen LogP contribution in [-0.2, 0) is 6.42 Å². The zero-order valence-electron chi connectivity index (χ0n) is 12.4. The summed E-state index contributed by atoms with van der Waals surface area (Å²) < 4.78 is 0. The first-order valence-electron chi connectivity index (χ1n) is 8.08. The molecule has 2 aromatic carbocycles. The second-order valence-corrected chi connectivity index (χ2v) is 6.14. The van der Waals surface area contributed by atoms with E-state index in [1.165, 1.54) is 48.4 Å². The standard InChI is InChI=1S/C19H25N/c1-2-12-20-19(17-8-5-9-17)14-15-10-11-16-6-3-4-7-18(16)13-15/h3-4,6-7,10-11,13,17,19-20H,2,5,8-9,12,14H2,1H3. The lowest BCUT2D eigenvalue weighted by atomic mass is 9.77. The summed E-state index contributed by atoms with van der Waals surface area (Å²) in [6.45, 7) is 3.40. The van der Waals surface area contributed by atoms with E-state index in [0.717, 1.165) is 12.5 Å². The summed E-state index contributed by atoms with van der Waals surface area (Å²) in [6.07, 6.45) is 6.65. The van der Waals surface area contributed by atoms with Gasteiger partial charge in [0.1, 0.15) is 0 Å². The molecule has 0 radical (unpaired) electrons. The Morgan fingerprint density at radius 1 is 1.10 bits per heavy atom. The van der Waals surface area contributed by atoms with Crippen molar-refractivity contribution in [3.8, 4) is 0 Å². The molecular formula is C19H25N. The van der Waals surface area contributed by atoms with E-state index in [1.54, 1.807) is 0 Å². The average Bonchev–Trinajstić information content (AvgIpc) is 2.43. The lowest BCUT2D eigenvalue weighted by Crippen LogP contribution is -2.41. The first-order chi connectivity index (χ1) is 9.86. The van der Waals surface area contributed by atoms with Crippen LogP contribution in [0.1, 0.15) is 38.2 Å². The quantitative estimate of drug-likeness (QED) is 0.809. The fraction of sp³-hybridized carbons (Fsp3) is 0.474. The van der Waals surface area contributed by atoms with Gasteiger partial charge in [0.25, 0.3) is 0 Å². The summed E-state index contributed by atoms with van der Waals surface area (Å²) in [7, 11) is 0. The van der Waals surface area contributed by atoms with Crippen molar-refractivity contribution in [2.24, 2.45) is 5.92 Å². The molecule has 1 nitrogen and oxygen atoms in total. The minimum absolute atomic E-state index is 0.671. The van der Waals surface area contributed by atoms with Gasteiger partial charge in [0.05, 0.1) is 0 Å². The van der Waals surface area contributed by atoms with Crippen molar-refractivity contribution >= 4 is 10.8 Å². The van der Waals surface area contributed by atoms with Crippen LogP contribution in [0, 0.1) is 5.92 Å². The van der Waals surface area contributed by atoms with Crippen LogP contribution in [0.5, 0.6) is 0 Å². The van der Waals surface area contributed by atoms with Crippen molar-refractivity contribution in [2.45, 2.75) is 45.1 Å². The van der Waals surface area contributed by atoms with Gasteiger partial charge in [-0.1, -0.05) is 55.8 Å². The maximum Gasteiger partial charge on any atom is 0.0136 e. The van der Waals surface area contributed by atoms with Gasteiger partial charge in [-0.3, -0.25) is 0 Å². The molecule has 0 saturated heterocycles. The molecule has 1 saturated carbocycles. The van der Waals surface area contributed by atoms with Gasteiger partial charge in [0.2, 0.25) is 0 Å². The molecule has 0 amide bonds. The second-order valence-electron chi connectivity index (χ2n) is 6.14. The maximum atomic E-state index is 3.77. The Labute approximate surface area is 122 Å². The Hall–Kier alpha value is -1.34. The Bertz CT molecular complexity index is 556. The monoisotopic (exact) mass is 267 g/mol. The summed E-state index contributed by atoms with van der Waals surface area (Å²) >= 11 is 0. The van der Waals surface area contributed by atoms with E-state index in [2.05, 4.69) is 54.7 Å². The number of rotatable bonds is 6. The van der Waals surface area contributed by atoms with Gasteiger partial charge < -0.3 is 5.32 Å². The third kappa shape index (κ3) is 3.04. The summed E-state index contributed by atoms with van der Waals surface area (Å²) in [5.41, 5.74) is 1.48. The highest BCUT2D eigenvalue weighted by molar-refractivity contribution is 5.82. The highest BCUT2D eigenvalue weighted by Crippen LogP contribution is 2.31. The smallest absolute Gasteiger partial charge is 0.0136 e. The van der Waals surface area contributed by atoms with E-state index in [0.29, 0.717) is 6.04 Å². The summed E-state index contributed by atoms with van der Waals surface area (Å²) in [5, 5.41) is 6.48. The molecular weight excluding hydrogens is 242 g/mol. The molecule has 0 bridgehead atoms. The van der Waals surface area contributed by atoms with Crippen molar-refractivity contribution in [3.05, 3.63) is 48.0 Å². The summed E-state index contributed by atoms with van der Waals surface area (Å²) in [6, 6.07) is 16.3. The van der Waals surface area contributed by atoms with Crippen molar-refractivity contribution < 1.29 is 0 Å². The van der Waals surface area contributed by atoms with Gasteiger partial charge in [-0.2, -0.15) is 0 Å². The molecule has 0 aromatic heterocycles. The van der Waals surface area contributed by atoms with E-state index in [-0.39, 0.29) is 0 Å². The molecule has 0 aliphatic heterocycles. The molecule has 0 spiro atoms. The highest BCUT2D eigenvalue weighted by Gasteiger charge is 2.26. The van der Waals surface area contributed by atoms with E-state index in [1.807, 2.05) is 0 Å². The SMILES string of the molecule is CCCNC(Cc1ccc2ccccc2c1)C1CCC1. The predicted octanol–water partition coefficient (Wildman–Crippen LogP) is 4.55. The Balaban J connectivity index is 1.74. The van der Waals surface area contributed by atoms with Crippen LogP contribution >= 0.6 is 0 Å². The first-order valence-corrected chi connectivity index (χ1v) is 8.08. The van der Waals surface area contributed by atoms with E-state index in [9.17, 15) is 0 Å². The lowest BCUT2D eigenvalue weighted by molar-refractivity contribution is 0.227. The normalized spacial score (nSPS) is 17.1. The molecule has 1 heteroatoms. The second kappa shape index (κ2) is 6.41. The van der Waals surface area contributed by atoms with E-state index >= 15 is 0 Å². The van der Waals surface area contributed by atoms with Crippen molar-refractivity contribution in [1.82, 2.24) is 5.32 Å².